The lowest BCUT2D eigenvalue weighted by Crippen LogP contribution is -2.08. The highest BCUT2D eigenvalue weighted by molar-refractivity contribution is 6.04. The molecule has 0 aliphatic carbocycles. The highest BCUT2D eigenvalue weighted by Gasteiger charge is 2.22. The third-order valence-corrected chi connectivity index (χ3v) is 4.18. The Kier molecular flexibility index (Phi) is 4.04. The Bertz CT molecular complexity index is 721. The van der Waals surface area contributed by atoms with Crippen LogP contribution in [0.25, 0.3) is 11.1 Å². The molecule has 2 aromatic carbocycles. The maximum atomic E-state index is 11.6. The first-order valence-corrected chi connectivity index (χ1v) is 6.93. The number of carbonyl (C=O) groups is 2. The average Bonchev–Trinajstić information content (AvgIpc) is 2.44. The van der Waals surface area contributed by atoms with E-state index >= 15 is 0 Å². The number of benzene rings is 2. The first-order valence-electron chi connectivity index (χ1n) is 6.93. The van der Waals surface area contributed by atoms with Gasteiger partial charge >= 0.3 is 11.9 Å². The summed E-state index contributed by atoms with van der Waals surface area (Å²) >= 11 is 0. The molecule has 0 radical (unpaired) electrons. The molecule has 0 atom stereocenters. The normalized spacial score (nSPS) is 10.5. The van der Waals surface area contributed by atoms with E-state index in [0.29, 0.717) is 11.1 Å². The van der Waals surface area contributed by atoms with Crippen molar-refractivity contribution >= 4 is 11.9 Å². The molecular weight excluding hydrogens is 280 g/mol. The van der Waals surface area contributed by atoms with Crippen molar-refractivity contribution in [3.63, 3.8) is 0 Å². The summed E-state index contributed by atoms with van der Waals surface area (Å²) in [7, 11) is 0. The fraction of sp³-hybridized carbons (Fsp3) is 0.222. The summed E-state index contributed by atoms with van der Waals surface area (Å²) in [6.45, 7) is 7.42. The van der Waals surface area contributed by atoms with E-state index in [4.69, 9.17) is 0 Å². The second kappa shape index (κ2) is 5.64. The van der Waals surface area contributed by atoms with Gasteiger partial charge in [0.05, 0.1) is 11.1 Å². The lowest BCUT2D eigenvalue weighted by atomic mass is 9.85. The van der Waals surface area contributed by atoms with Gasteiger partial charge in [0.15, 0.2) is 0 Å². The summed E-state index contributed by atoms with van der Waals surface area (Å²) in [6, 6.07) is 6.56. The standard InChI is InChI=1S/C18H18O4/c1-9-5-7-13(17(19)20)15(11(9)3)16-12(4)10(2)6-8-14(16)18(21)22/h5-8H,1-4H3,(H,19,20)(H,21,22). The summed E-state index contributed by atoms with van der Waals surface area (Å²) in [5.74, 6) is -2.12. The smallest absolute Gasteiger partial charge is 0.336 e. The number of carboxylic acid groups (broad SMARTS) is 2. The number of carboxylic acids is 2. The number of hydrogen-bond donors (Lipinski definition) is 2. The van der Waals surface area contributed by atoms with Gasteiger partial charge in [-0.1, -0.05) is 12.1 Å². The average molecular weight is 298 g/mol. The molecule has 0 spiro atoms. The summed E-state index contributed by atoms with van der Waals surface area (Å²) in [6.07, 6.45) is 0. The van der Waals surface area contributed by atoms with E-state index in [0.717, 1.165) is 22.3 Å². The minimum absolute atomic E-state index is 0.124. The van der Waals surface area contributed by atoms with Gasteiger partial charge in [0.1, 0.15) is 0 Å². The van der Waals surface area contributed by atoms with E-state index in [9.17, 15) is 19.8 Å². The third-order valence-electron chi connectivity index (χ3n) is 4.18. The predicted octanol–water partition coefficient (Wildman–Crippen LogP) is 3.98. The van der Waals surface area contributed by atoms with E-state index in [2.05, 4.69) is 0 Å². The highest BCUT2D eigenvalue weighted by Crippen LogP contribution is 2.36. The lowest BCUT2D eigenvalue weighted by Gasteiger charge is -2.18. The van der Waals surface area contributed by atoms with E-state index in [1.54, 1.807) is 12.1 Å². The first kappa shape index (κ1) is 15.8. The Morgan fingerprint density at radius 3 is 1.27 bits per heavy atom. The summed E-state index contributed by atoms with van der Waals surface area (Å²) in [5.41, 5.74) is 4.66. The maximum Gasteiger partial charge on any atom is 0.336 e. The van der Waals surface area contributed by atoms with Crippen LogP contribution >= 0.6 is 0 Å². The minimum Gasteiger partial charge on any atom is -0.478 e. The van der Waals surface area contributed by atoms with Gasteiger partial charge in [0.25, 0.3) is 0 Å². The summed E-state index contributed by atoms with van der Waals surface area (Å²) in [5, 5.41) is 19.0. The molecule has 2 rings (SSSR count). The molecule has 0 saturated carbocycles. The largest absolute Gasteiger partial charge is 0.478 e. The van der Waals surface area contributed by atoms with Crippen molar-refractivity contribution in [3.05, 3.63) is 57.6 Å². The minimum atomic E-state index is -1.06. The predicted molar refractivity (Wildman–Crippen MR) is 84.7 cm³/mol. The van der Waals surface area contributed by atoms with Gasteiger partial charge < -0.3 is 10.2 Å². The topological polar surface area (TPSA) is 74.6 Å². The molecule has 114 valence electrons. The molecule has 22 heavy (non-hydrogen) atoms. The highest BCUT2D eigenvalue weighted by atomic mass is 16.4. The van der Waals surface area contributed by atoms with Gasteiger partial charge in [-0.25, -0.2) is 9.59 Å². The van der Waals surface area contributed by atoms with Crippen LogP contribution in [0.1, 0.15) is 43.0 Å². The molecule has 0 aromatic heterocycles. The number of aromatic carboxylic acids is 2. The van der Waals surface area contributed by atoms with E-state index in [1.165, 1.54) is 12.1 Å². The van der Waals surface area contributed by atoms with Crippen molar-refractivity contribution in [3.8, 4) is 11.1 Å². The van der Waals surface area contributed by atoms with Crippen molar-refractivity contribution in [2.45, 2.75) is 27.7 Å². The molecule has 0 bridgehead atoms. The van der Waals surface area contributed by atoms with Crippen LogP contribution < -0.4 is 0 Å². The molecule has 4 heteroatoms. The van der Waals surface area contributed by atoms with Crippen LogP contribution in [0.5, 0.6) is 0 Å². The van der Waals surface area contributed by atoms with Gasteiger partial charge in [0.2, 0.25) is 0 Å². The van der Waals surface area contributed by atoms with Crippen LogP contribution in [0.15, 0.2) is 24.3 Å². The van der Waals surface area contributed by atoms with E-state index in [1.807, 2.05) is 27.7 Å². The quantitative estimate of drug-likeness (QED) is 0.898. The van der Waals surface area contributed by atoms with Gasteiger partial charge in [-0.2, -0.15) is 0 Å². The molecule has 0 heterocycles. The van der Waals surface area contributed by atoms with E-state index < -0.39 is 11.9 Å². The Balaban J connectivity index is 2.99. The SMILES string of the molecule is Cc1ccc(C(=O)O)c(-c2c(C(=O)O)ccc(C)c2C)c1C. The molecular formula is C18H18O4. The Morgan fingerprint density at radius 2 is 1.00 bits per heavy atom. The molecule has 0 amide bonds. The van der Waals surface area contributed by atoms with Crippen LogP contribution in [0.4, 0.5) is 0 Å². The van der Waals surface area contributed by atoms with Gasteiger partial charge in [-0.3, -0.25) is 0 Å². The molecule has 0 unspecified atom stereocenters. The second-order valence-corrected chi connectivity index (χ2v) is 5.47. The number of hydrogen-bond acceptors (Lipinski definition) is 2. The molecule has 0 saturated heterocycles. The van der Waals surface area contributed by atoms with Crippen molar-refractivity contribution in [1.82, 2.24) is 0 Å². The molecule has 2 aromatic rings. The third kappa shape index (κ3) is 2.48. The summed E-state index contributed by atoms with van der Waals surface area (Å²) < 4.78 is 0. The van der Waals surface area contributed by atoms with Crippen LogP contribution in [0.3, 0.4) is 0 Å². The molecule has 2 N–H and O–H groups in total. The van der Waals surface area contributed by atoms with E-state index in [-0.39, 0.29) is 11.1 Å². The van der Waals surface area contributed by atoms with Crippen molar-refractivity contribution in [2.24, 2.45) is 0 Å². The van der Waals surface area contributed by atoms with Crippen LogP contribution in [-0.2, 0) is 0 Å². The Morgan fingerprint density at radius 1 is 0.682 bits per heavy atom. The van der Waals surface area contributed by atoms with Crippen molar-refractivity contribution in [1.29, 1.82) is 0 Å². The Hall–Kier alpha value is -2.62. The zero-order valence-electron chi connectivity index (χ0n) is 13.0. The first-order chi connectivity index (χ1) is 10.3. The van der Waals surface area contributed by atoms with Gasteiger partial charge in [-0.05, 0) is 62.1 Å². The number of aryl methyl sites for hydroxylation is 2. The van der Waals surface area contributed by atoms with Crippen LogP contribution in [0.2, 0.25) is 0 Å². The zero-order chi connectivity index (χ0) is 16.6. The zero-order valence-corrected chi connectivity index (χ0v) is 13.0. The molecule has 0 aliphatic rings. The fourth-order valence-electron chi connectivity index (χ4n) is 2.63. The van der Waals surface area contributed by atoms with Crippen LogP contribution in [-0.4, -0.2) is 22.2 Å². The monoisotopic (exact) mass is 298 g/mol. The molecule has 0 aliphatic heterocycles. The summed E-state index contributed by atoms with van der Waals surface area (Å²) in [4.78, 5) is 23.2. The van der Waals surface area contributed by atoms with Crippen molar-refractivity contribution in [2.75, 3.05) is 0 Å². The number of rotatable bonds is 3. The lowest BCUT2D eigenvalue weighted by molar-refractivity contribution is 0.0684. The maximum absolute atomic E-state index is 11.6. The molecule has 4 nitrogen and oxygen atoms in total. The van der Waals surface area contributed by atoms with Crippen molar-refractivity contribution < 1.29 is 19.8 Å². The second-order valence-electron chi connectivity index (χ2n) is 5.47. The van der Waals surface area contributed by atoms with Gasteiger partial charge in [0, 0.05) is 11.1 Å². The fourth-order valence-corrected chi connectivity index (χ4v) is 2.63. The van der Waals surface area contributed by atoms with Gasteiger partial charge in [-0.15, -0.1) is 0 Å². The Labute approximate surface area is 129 Å². The molecule has 0 fully saturated rings. The van der Waals surface area contributed by atoms with Crippen LogP contribution in [0, 0.1) is 27.7 Å².